The van der Waals surface area contributed by atoms with E-state index in [9.17, 15) is 9.59 Å². The number of carbonyl (C=O) groups excluding carboxylic acids is 2. The Morgan fingerprint density at radius 2 is 1.91 bits per heavy atom. The number of nitrogens with one attached hydrogen (secondary N) is 1. The molecule has 1 atom stereocenters. The van der Waals surface area contributed by atoms with E-state index in [-0.39, 0.29) is 18.4 Å². The minimum absolute atomic E-state index is 0.221. The summed E-state index contributed by atoms with van der Waals surface area (Å²) in [6, 6.07) is 21.3. The molecule has 0 spiro atoms. The molecule has 7 heteroatoms. The molecule has 178 valence electrons. The topological polar surface area (TPSA) is 80.4 Å². The van der Waals surface area contributed by atoms with Crippen molar-refractivity contribution >= 4 is 11.8 Å². The molecule has 0 saturated heterocycles. The Hall–Kier alpha value is -4.13. The van der Waals surface area contributed by atoms with E-state index in [1.165, 1.54) is 0 Å². The lowest BCUT2D eigenvalue weighted by atomic mass is 9.93. The van der Waals surface area contributed by atoms with E-state index in [0.29, 0.717) is 30.2 Å². The number of rotatable bonds is 6. The fourth-order valence-electron chi connectivity index (χ4n) is 4.59. The highest BCUT2D eigenvalue weighted by atomic mass is 16.3. The molecule has 0 bridgehead atoms. The summed E-state index contributed by atoms with van der Waals surface area (Å²) >= 11 is 0. The van der Waals surface area contributed by atoms with Gasteiger partial charge in [0.25, 0.3) is 5.91 Å². The zero-order valence-electron chi connectivity index (χ0n) is 20.1. The maximum absolute atomic E-state index is 13.8. The standard InChI is InChI=1S/C28H28N4O3/c1-19-8-6-10-21(14-19)16-29-27(34)28(3)18-32-24(15-23(30-32)25-12-7-13-35-25)26(33)31(28)17-22-11-5-4-9-20(22)2/h4-15H,16-18H2,1-3H3,(H,29,34). The van der Waals surface area contributed by atoms with Gasteiger partial charge >= 0.3 is 0 Å². The summed E-state index contributed by atoms with van der Waals surface area (Å²) < 4.78 is 7.11. The first-order valence-electron chi connectivity index (χ1n) is 11.7. The quantitative estimate of drug-likeness (QED) is 0.452. The lowest BCUT2D eigenvalue weighted by Gasteiger charge is -2.43. The van der Waals surface area contributed by atoms with E-state index >= 15 is 0 Å². The van der Waals surface area contributed by atoms with Crippen LogP contribution in [-0.2, 0) is 24.4 Å². The molecule has 0 saturated carbocycles. The normalized spacial score (nSPS) is 17.3. The molecule has 35 heavy (non-hydrogen) atoms. The zero-order chi connectivity index (χ0) is 24.6. The highest BCUT2D eigenvalue weighted by molar-refractivity contribution is 6.00. The number of carbonyl (C=O) groups is 2. The van der Waals surface area contributed by atoms with Crippen LogP contribution in [0.1, 0.15) is 39.7 Å². The SMILES string of the molecule is Cc1cccc(CNC(=O)C2(C)Cn3nc(-c4ccco4)cc3C(=O)N2Cc2ccccc2C)c1. The van der Waals surface area contributed by atoms with Crippen LogP contribution in [0.25, 0.3) is 11.5 Å². The molecule has 3 heterocycles. The Morgan fingerprint density at radius 3 is 2.66 bits per heavy atom. The number of aryl methyl sites for hydroxylation is 2. The number of furan rings is 1. The Balaban J connectivity index is 1.50. The Morgan fingerprint density at radius 1 is 1.09 bits per heavy atom. The molecule has 0 fully saturated rings. The van der Waals surface area contributed by atoms with Gasteiger partial charge in [0.15, 0.2) is 5.76 Å². The summed E-state index contributed by atoms with van der Waals surface area (Å²) in [6.07, 6.45) is 1.57. The second kappa shape index (κ2) is 8.91. The summed E-state index contributed by atoms with van der Waals surface area (Å²) in [5.74, 6) is 0.121. The summed E-state index contributed by atoms with van der Waals surface area (Å²) in [5, 5.41) is 7.67. The molecule has 4 aromatic rings. The van der Waals surface area contributed by atoms with E-state index < -0.39 is 5.54 Å². The minimum Gasteiger partial charge on any atom is -0.463 e. The van der Waals surface area contributed by atoms with Gasteiger partial charge in [0, 0.05) is 19.2 Å². The van der Waals surface area contributed by atoms with Crippen LogP contribution < -0.4 is 5.32 Å². The van der Waals surface area contributed by atoms with Gasteiger partial charge in [0.05, 0.1) is 12.8 Å². The third-order valence-corrected chi connectivity index (χ3v) is 6.69. The van der Waals surface area contributed by atoms with Crippen molar-refractivity contribution in [3.05, 3.63) is 101 Å². The highest BCUT2D eigenvalue weighted by Crippen LogP contribution is 2.32. The lowest BCUT2D eigenvalue weighted by molar-refractivity contribution is -0.133. The molecular formula is C28H28N4O3. The maximum Gasteiger partial charge on any atom is 0.273 e. The maximum atomic E-state index is 13.8. The number of fused-ring (bicyclic) bond motifs is 1. The number of hydrogen-bond acceptors (Lipinski definition) is 4. The van der Waals surface area contributed by atoms with E-state index in [0.717, 1.165) is 22.3 Å². The molecule has 1 N–H and O–H groups in total. The first kappa shape index (κ1) is 22.7. The number of amides is 2. The molecule has 5 rings (SSSR count). The van der Waals surface area contributed by atoms with Crippen molar-refractivity contribution in [2.24, 2.45) is 0 Å². The highest BCUT2D eigenvalue weighted by Gasteiger charge is 2.48. The molecule has 2 amide bonds. The molecule has 1 aliphatic heterocycles. The second-order valence-corrected chi connectivity index (χ2v) is 9.31. The average molecular weight is 469 g/mol. The Bertz CT molecular complexity index is 1390. The second-order valence-electron chi connectivity index (χ2n) is 9.31. The van der Waals surface area contributed by atoms with Crippen molar-refractivity contribution in [2.75, 3.05) is 0 Å². The van der Waals surface area contributed by atoms with Crippen LogP contribution in [0.2, 0.25) is 0 Å². The molecule has 2 aromatic heterocycles. The lowest BCUT2D eigenvalue weighted by Crippen LogP contribution is -2.63. The van der Waals surface area contributed by atoms with Crippen LogP contribution in [0.3, 0.4) is 0 Å². The van der Waals surface area contributed by atoms with Crippen molar-refractivity contribution < 1.29 is 14.0 Å². The molecule has 7 nitrogen and oxygen atoms in total. The fraction of sp³-hybridized carbons (Fsp3) is 0.250. The van der Waals surface area contributed by atoms with Gasteiger partial charge in [-0.3, -0.25) is 14.3 Å². The summed E-state index contributed by atoms with van der Waals surface area (Å²) in [4.78, 5) is 29.2. The van der Waals surface area contributed by atoms with Gasteiger partial charge < -0.3 is 14.6 Å². The fourth-order valence-corrected chi connectivity index (χ4v) is 4.59. The van der Waals surface area contributed by atoms with Gasteiger partial charge in [-0.25, -0.2) is 0 Å². The first-order valence-corrected chi connectivity index (χ1v) is 11.7. The van der Waals surface area contributed by atoms with Crippen molar-refractivity contribution in [1.29, 1.82) is 0 Å². The summed E-state index contributed by atoms with van der Waals surface area (Å²) in [6.45, 7) is 6.78. The van der Waals surface area contributed by atoms with Gasteiger partial charge in [-0.05, 0) is 49.6 Å². The van der Waals surface area contributed by atoms with Crippen LogP contribution in [0.4, 0.5) is 0 Å². The molecule has 1 unspecified atom stereocenters. The molecule has 2 aromatic carbocycles. The molecule has 1 aliphatic rings. The Labute approximate surface area is 204 Å². The predicted molar refractivity (Wildman–Crippen MR) is 132 cm³/mol. The summed E-state index contributed by atoms with van der Waals surface area (Å²) in [7, 11) is 0. The monoisotopic (exact) mass is 468 g/mol. The van der Waals surface area contributed by atoms with Crippen LogP contribution in [0.15, 0.2) is 77.4 Å². The first-order chi connectivity index (χ1) is 16.8. The number of aromatic nitrogens is 2. The van der Waals surface area contributed by atoms with Crippen molar-refractivity contribution in [1.82, 2.24) is 20.0 Å². The van der Waals surface area contributed by atoms with Crippen LogP contribution in [0.5, 0.6) is 0 Å². The van der Waals surface area contributed by atoms with Crippen molar-refractivity contribution in [2.45, 2.75) is 45.9 Å². The molecule has 0 radical (unpaired) electrons. The van der Waals surface area contributed by atoms with Crippen molar-refractivity contribution in [3.63, 3.8) is 0 Å². The van der Waals surface area contributed by atoms with Crippen LogP contribution in [-0.4, -0.2) is 32.0 Å². The summed E-state index contributed by atoms with van der Waals surface area (Å²) in [5.41, 5.74) is 4.07. The molecular weight excluding hydrogens is 440 g/mol. The smallest absolute Gasteiger partial charge is 0.273 e. The number of hydrogen-bond donors (Lipinski definition) is 1. The largest absolute Gasteiger partial charge is 0.463 e. The van der Waals surface area contributed by atoms with E-state index in [4.69, 9.17) is 4.42 Å². The van der Waals surface area contributed by atoms with Gasteiger partial charge in [-0.1, -0.05) is 54.1 Å². The number of benzene rings is 2. The third-order valence-electron chi connectivity index (χ3n) is 6.69. The van der Waals surface area contributed by atoms with Gasteiger partial charge in [-0.2, -0.15) is 5.10 Å². The van der Waals surface area contributed by atoms with E-state index in [2.05, 4.69) is 10.4 Å². The van der Waals surface area contributed by atoms with Gasteiger partial charge in [0.2, 0.25) is 5.91 Å². The van der Waals surface area contributed by atoms with Crippen LogP contribution in [0, 0.1) is 13.8 Å². The van der Waals surface area contributed by atoms with Crippen molar-refractivity contribution in [3.8, 4) is 11.5 Å². The van der Waals surface area contributed by atoms with Crippen LogP contribution >= 0.6 is 0 Å². The van der Waals surface area contributed by atoms with E-state index in [1.54, 1.807) is 34.0 Å². The Kier molecular flexibility index (Phi) is 5.76. The van der Waals surface area contributed by atoms with E-state index in [1.807, 2.05) is 69.3 Å². The van der Waals surface area contributed by atoms with Gasteiger partial charge in [0.1, 0.15) is 16.9 Å². The zero-order valence-corrected chi connectivity index (χ0v) is 20.1. The predicted octanol–water partition coefficient (Wildman–Crippen LogP) is 4.49. The minimum atomic E-state index is -1.14. The average Bonchev–Trinajstić information content (AvgIpc) is 3.51. The van der Waals surface area contributed by atoms with Gasteiger partial charge in [-0.15, -0.1) is 0 Å². The third kappa shape index (κ3) is 4.25. The number of nitrogens with zero attached hydrogens (tertiary/aromatic N) is 3. The molecule has 0 aliphatic carbocycles.